The SMILES string of the molecule is CC(C(c1ccccc1)C(C(=O)O)C(=O)O)[N+](=O)[O-]. The third kappa shape index (κ3) is 3.27. The highest BCUT2D eigenvalue weighted by Crippen LogP contribution is 2.30. The molecule has 0 bridgehead atoms. The zero-order valence-electron chi connectivity index (χ0n) is 10.1. The largest absolute Gasteiger partial charge is 0.481 e. The molecule has 0 saturated heterocycles. The second-order valence-electron chi connectivity index (χ2n) is 4.12. The summed E-state index contributed by atoms with van der Waals surface area (Å²) in [6.45, 7) is 1.20. The van der Waals surface area contributed by atoms with E-state index in [1.54, 1.807) is 18.2 Å². The van der Waals surface area contributed by atoms with Gasteiger partial charge < -0.3 is 10.2 Å². The molecule has 0 aliphatic rings. The first-order valence-corrected chi connectivity index (χ1v) is 5.50. The lowest BCUT2D eigenvalue weighted by atomic mass is 9.81. The maximum atomic E-state index is 11.1. The van der Waals surface area contributed by atoms with E-state index in [2.05, 4.69) is 0 Å². The first-order chi connectivity index (χ1) is 8.86. The fraction of sp³-hybridized carbons (Fsp3) is 0.333. The topological polar surface area (TPSA) is 118 Å². The van der Waals surface area contributed by atoms with Gasteiger partial charge in [0.15, 0.2) is 5.92 Å². The second kappa shape index (κ2) is 5.94. The highest BCUT2D eigenvalue weighted by molar-refractivity contribution is 5.94. The number of hydrogen-bond donors (Lipinski definition) is 2. The first kappa shape index (κ1) is 14.6. The first-order valence-electron chi connectivity index (χ1n) is 5.50. The standard InChI is InChI=1S/C12H13NO6/c1-7(13(18)19)9(8-5-3-2-4-6-8)10(11(14)15)12(16)17/h2-7,9-10H,1H3,(H,14,15)(H,16,17). The van der Waals surface area contributed by atoms with Crippen LogP contribution >= 0.6 is 0 Å². The quantitative estimate of drug-likeness (QED) is 0.454. The summed E-state index contributed by atoms with van der Waals surface area (Å²) in [5, 5.41) is 28.9. The molecule has 2 atom stereocenters. The third-order valence-electron chi connectivity index (χ3n) is 2.93. The Balaban J connectivity index is 3.30. The Morgan fingerprint density at radius 1 is 1.16 bits per heavy atom. The summed E-state index contributed by atoms with van der Waals surface area (Å²) in [6, 6.07) is 6.48. The van der Waals surface area contributed by atoms with Gasteiger partial charge in [-0.3, -0.25) is 19.7 Å². The molecule has 2 N–H and O–H groups in total. The molecule has 7 nitrogen and oxygen atoms in total. The van der Waals surface area contributed by atoms with E-state index in [0.717, 1.165) is 0 Å². The number of carbonyl (C=O) groups is 2. The molecule has 1 aromatic rings. The van der Waals surface area contributed by atoms with Crippen LogP contribution in [0.25, 0.3) is 0 Å². The molecule has 0 aromatic heterocycles. The molecular formula is C12H13NO6. The Morgan fingerprint density at radius 3 is 2.00 bits per heavy atom. The number of carboxylic acid groups (broad SMARTS) is 2. The Bertz CT molecular complexity index is 472. The molecule has 7 heteroatoms. The van der Waals surface area contributed by atoms with E-state index in [-0.39, 0.29) is 0 Å². The van der Waals surface area contributed by atoms with Gasteiger partial charge in [-0.25, -0.2) is 0 Å². The van der Waals surface area contributed by atoms with Crippen molar-refractivity contribution in [2.75, 3.05) is 0 Å². The molecular weight excluding hydrogens is 254 g/mol. The van der Waals surface area contributed by atoms with E-state index in [1.807, 2.05) is 0 Å². The molecule has 102 valence electrons. The van der Waals surface area contributed by atoms with Gasteiger partial charge in [-0.15, -0.1) is 0 Å². The minimum absolute atomic E-state index is 0.321. The maximum absolute atomic E-state index is 11.1. The van der Waals surface area contributed by atoms with Crippen LogP contribution in [0.3, 0.4) is 0 Å². The summed E-state index contributed by atoms with van der Waals surface area (Å²) in [7, 11) is 0. The Labute approximate surface area is 108 Å². The smallest absolute Gasteiger partial charge is 0.318 e. The number of nitrogens with zero attached hydrogens (tertiary/aromatic N) is 1. The Kier molecular flexibility index (Phi) is 4.57. The van der Waals surface area contributed by atoms with Gasteiger partial charge >= 0.3 is 11.9 Å². The summed E-state index contributed by atoms with van der Waals surface area (Å²) in [5.41, 5.74) is 0.321. The van der Waals surface area contributed by atoms with Gasteiger partial charge in [0.05, 0.1) is 5.92 Å². The van der Waals surface area contributed by atoms with Crippen molar-refractivity contribution >= 4 is 11.9 Å². The highest BCUT2D eigenvalue weighted by Gasteiger charge is 2.43. The summed E-state index contributed by atoms with van der Waals surface area (Å²) >= 11 is 0. The van der Waals surface area contributed by atoms with Gasteiger partial charge in [-0.05, 0) is 5.56 Å². The lowest BCUT2D eigenvalue weighted by molar-refractivity contribution is -0.523. The number of aliphatic carboxylic acids is 2. The molecule has 1 rings (SSSR count). The van der Waals surface area contributed by atoms with Crippen molar-refractivity contribution in [2.24, 2.45) is 5.92 Å². The predicted octanol–water partition coefficient (Wildman–Crippen LogP) is 1.22. The van der Waals surface area contributed by atoms with Crippen LogP contribution in [0, 0.1) is 16.0 Å². The van der Waals surface area contributed by atoms with Crippen LogP contribution in [0.4, 0.5) is 0 Å². The molecule has 2 unspecified atom stereocenters. The van der Waals surface area contributed by atoms with Crippen LogP contribution in [0.15, 0.2) is 30.3 Å². The number of hydrogen-bond acceptors (Lipinski definition) is 4. The molecule has 0 heterocycles. The highest BCUT2D eigenvalue weighted by atomic mass is 16.6. The lowest BCUT2D eigenvalue weighted by Gasteiger charge is -2.22. The predicted molar refractivity (Wildman–Crippen MR) is 64.4 cm³/mol. The molecule has 19 heavy (non-hydrogen) atoms. The van der Waals surface area contributed by atoms with Crippen LogP contribution in [-0.4, -0.2) is 33.1 Å². The molecule has 0 amide bonds. The van der Waals surface area contributed by atoms with Crippen molar-refractivity contribution in [3.8, 4) is 0 Å². The fourth-order valence-electron chi connectivity index (χ4n) is 1.97. The number of benzene rings is 1. The van der Waals surface area contributed by atoms with Crippen LogP contribution in [0.2, 0.25) is 0 Å². The lowest BCUT2D eigenvalue weighted by Crippen LogP contribution is -2.38. The van der Waals surface area contributed by atoms with E-state index in [1.165, 1.54) is 19.1 Å². The van der Waals surface area contributed by atoms with Crippen molar-refractivity contribution in [1.82, 2.24) is 0 Å². The van der Waals surface area contributed by atoms with Gasteiger partial charge in [-0.1, -0.05) is 30.3 Å². The van der Waals surface area contributed by atoms with E-state index in [0.29, 0.717) is 5.56 Å². The van der Waals surface area contributed by atoms with Crippen LogP contribution in [0.5, 0.6) is 0 Å². The van der Waals surface area contributed by atoms with Crippen LogP contribution < -0.4 is 0 Å². The second-order valence-corrected chi connectivity index (χ2v) is 4.12. The van der Waals surface area contributed by atoms with Crippen molar-refractivity contribution in [3.05, 3.63) is 46.0 Å². The fourth-order valence-corrected chi connectivity index (χ4v) is 1.97. The molecule has 0 saturated carbocycles. The van der Waals surface area contributed by atoms with Gasteiger partial charge in [0.2, 0.25) is 6.04 Å². The Morgan fingerprint density at radius 2 is 1.63 bits per heavy atom. The van der Waals surface area contributed by atoms with Crippen LogP contribution in [-0.2, 0) is 9.59 Å². The number of carboxylic acids is 2. The van der Waals surface area contributed by atoms with Gasteiger partial charge in [0.25, 0.3) is 0 Å². The maximum Gasteiger partial charge on any atom is 0.318 e. The van der Waals surface area contributed by atoms with Crippen molar-refractivity contribution in [1.29, 1.82) is 0 Å². The zero-order valence-corrected chi connectivity index (χ0v) is 10.1. The summed E-state index contributed by atoms with van der Waals surface area (Å²) in [6.07, 6.45) is 0. The van der Waals surface area contributed by atoms with Crippen molar-refractivity contribution < 1.29 is 24.7 Å². The van der Waals surface area contributed by atoms with E-state index < -0.39 is 34.7 Å². The minimum Gasteiger partial charge on any atom is -0.481 e. The molecule has 0 fully saturated rings. The molecule has 0 aliphatic heterocycles. The Hall–Kier alpha value is -2.44. The van der Waals surface area contributed by atoms with Crippen LogP contribution in [0.1, 0.15) is 18.4 Å². The van der Waals surface area contributed by atoms with Crippen molar-refractivity contribution in [3.63, 3.8) is 0 Å². The summed E-state index contributed by atoms with van der Waals surface area (Å²) in [4.78, 5) is 32.4. The van der Waals surface area contributed by atoms with Gasteiger partial charge in [0.1, 0.15) is 0 Å². The third-order valence-corrected chi connectivity index (χ3v) is 2.93. The minimum atomic E-state index is -1.86. The van der Waals surface area contributed by atoms with E-state index >= 15 is 0 Å². The summed E-state index contributed by atoms with van der Waals surface area (Å²) in [5.74, 6) is -6.26. The molecule has 0 spiro atoms. The monoisotopic (exact) mass is 267 g/mol. The normalized spacial score (nSPS) is 13.8. The van der Waals surface area contributed by atoms with Crippen molar-refractivity contribution in [2.45, 2.75) is 18.9 Å². The average molecular weight is 267 g/mol. The summed E-state index contributed by atoms with van der Waals surface area (Å²) < 4.78 is 0. The van der Waals surface area contributed by atoms with E-state index in [4.69, 9.17) is 10.2 Å². The van der Waals surface area contributed by atoms with E-state index in [9.17, 15) is 19.7 Å². The zero-order chi connectivity index (χ0) is 14.6. The number of nitro groups is 1. The van der Waals surface area contributed by atoms with Gasteiger partial charge in [-0.2, -0.15) is 0 Å². The molecule has 0 aliphatic carbocycles. The number of rotatable bonds is 6. The average Bonchev–Trinajstić information content (AvgIpc) is 2.34. The van der Waals surface area contributed by atoms with Gasteiger partial charge in [0, 0.05) is 11.8 Å². The molecule has 0 radical (unpaired) electrons. The molecule has 1 aromatic carbocycles.